The van der Waals surface area contributed by atoms with Gasteiger partial charge in [-0.3, -0.25) is 4.79 Å². The second-order valence-corrected chi connectivity index (χ2v) is 7.91. The summed E-state index contributed by atoms with van der Waals surface area (Å²) in [6.45, 7) is 2.24. The number of unbranched alkanes of at least 4 members (excludes halogenated alkanes) is 9. The summed E-state index contributed by atoms with van der Waals surface area (Å²) in [5.41, 5.74) is 1.50. The minimum absolute atomic E-state index is 0.134. The van der Waals surface area contributed by atoms with Crippen molar-refractivity contribution in [3.8, 4) is 17.2 Å². The molecule has 1 aromatic carbocycles. The summed E-state index contributed by atoms with van der Waals surface area (Å²) >= 11 is 0. The first-order chi connectivity index (χ1) is 14.1. The zero-order chi connectivity index (χ0) is 20.6. The third kappa shape index (κ3) is 5.49. The minimum Gasteiger partial charge on any atom is -0.618 e. The molecule has 0 saturated heterocycles. The Balaban J connectivity index is 1.57. The number of fused-ring (bicyclic) bond motifs is 2. The summed E-state index contributed by atoms with van der Waals surface area (Å²) < 4.78 is 6.44. The molecule has 2 aliphatic rings. The van der Waals surface area contributed by atoms with E-state index in [2.05, 4.69) is 6.92 Å². The molecule has 1 aliphatic carbocycles. The van der Waals surface area contributed by atoms with Crippen LogP contribution in [-0.4, -0.2) is 5.11 Å². The number of aromatic hydroxyl groups is 1. The van der Waals surface area contributed by atoms with Crippen molar-refractivity contribution >= 4 is 11.1 Å². The lowest BCUT2D eigenvalue weighted by molar-refractivity contribution is -0.566. The van der Waals surface area contributed by atoms with Gasteiger partial charge in [0.05, 0.1) is 0 Å². The molecular weight excluding hydrogens is 366 g/mol. The normalized spacial score (nSPS) is 11.5. The second-order valence-electron chi connectivity index (χ2n) is 7.91. The van der Waals surface area contributed by atoms with E-state index in [1.54, 1.807) is 6.07 Å². The van der Waals surface area contributed by atoms with E-state index in [0.717, 1.165) is 29.6 Å². The first-order valence-corrected chi connectivity index (χ1v) is 10.9. The Bertz CT molecular complexity index is 963. The number of aryl methyl sites for hydroxylation is 1. The molecule has 0 fully saturated rings. The Hall–Kier alpha value is -2.56. The number of benzene rings is 2. The van der Waals surface area contributed by atoms with Gasteiger partial charge in [0.15, 0.2) is 5.43 Å². The van der Waals surface area contributed by atoms with E-state index in [1.807, 2.05) is 0 Å². The van der Waals surface area contributed by atoms with Crippen LogP contribution in [0.25, 0.3) is 22.6 Å². The van der Waals surface area contributed by atoms with Crippen LogP contribution in [-0.2, 0) is 6.42 Å². The van der Waals surface area contributed by atoms with Crippen molar-refractivity contribution in [1.82, 2.24) is 0 Å². The topological polar surface area (TPSA) is 77.4 Å². The van der Waals surface area contributed by atoms with E-state index in [0.29, 0.717) is 11.2 Å². The van der Waals surface area contributed by atoms with E-state index < -0.39 is 0 Å². The molecule has 1 heterocycles. The first kappa shape index (κ1) is 21.2. The molecule has 1 aliphatic heterocycles. The van der Waals surface area contributed by atoms with Gasteiger partial charge >= 0.3 is 0 Å². The summed E-state index contributed by atoms with van der Waals surface area (Å²) in [5.74, 6) is 0.358. The van der Waals surface area contributed by atoms with Gasteiger partial charge in [0.2, 0.25) is 11.3 Å². The van der Waals surface area contributed by atoms with Crippen molar-refractivity contribution in [2.24, 2.45) is 0 Å². The predicted octanol–water partition coefficient (Wildman–Crippen LogP) is 5.70. The Morgan fingerprint density at radius 2 is 1.59 bits per heavy atom. The highest BCUT2D eigenvalue weighted by molar-refractivity contribution is 5.75. The maximum Gasteiger partial charge on any atom is 0.260 e. The van der Waals surface area contributed by atoms with E-state index in [1.165, 1.54) is 75.6 Å². The van der Waals surface area contributed by atoms with Gasteiger partial charge in [-0.25, -0.2) is 0 Å². The van der Waals surface area contributed by atoms with Gasteiger partial charge < -0.3 is 14.7 Å². The zero-order valence-corrected chi connectivity index (χ0v) is 17.3. The molecule has 0 spiro atoms. The second kappa shape index (κ2) is 10.3. The van der Waals surface area contributed by atoms with Crippen LogP contribution < -0.4 is 10.2 Å². The zero-order valence-electron chi connectivity index (χ0n) is 17.3. The Morgan fingerprint density at radius 1 is 0.931 bits per heavy atom. The van der Waals surface area contributed by atoms with Crippen molar-refractivity contribution < 1.29 is 14.3 Å². The largest absolute Gasteiger partial charge is 0.618 e. The molecule has 0 bridgehead atoms. The molecule has 1 N–H and O–H groups in total. The molecule has 5 nitrogen and oxygen atoms in total. The van der Waals surface area contributed by atoms with Gasteiger partial charge in [0.1, 0.15) is 5.75 Å². The molecule has 29 heavy (non-hydrogen) atoms. The Morgan fingerprint density at radius 3 is 2.28 bits per heavy atom. The average Bonchev–Trinajstić information content (AvgIpc) is 2.70. The molecule has 5 heteroatoms. The van der Waals surface area contributed by atoms with Crippen LogP contribution in [0, 0.1) is 5.21 Å². The highest BCUT2D eigenvalue weighted by Crippen LogP contribution is 2.28. The number of aromatic nitrogens is 1. The van der Waals surface area contributed by atoms with Crippen LogP contribution in [0.15, 0.2) is 39.5 Å². The van der Waals surface area contributed by atoms with E-state index in [-0.39, 0.29) is 22.5 Å². The number of phenolic OH excluding ortho intramolecular Hbond substituents is 1. The van der Waals surface area contributed by atoms with E-state index in [9.17, 15) is 15.1 Å². The molecule has 0 saturated carbocycles. The summed E-state index contributed by atoms with van der Waals surface area (Å²) in [4.78, 5) is 11.5. The van der Waals surface area contributed by atoms with Crippen LogP contribution >= 0.6 is 0 Å². The summed E-state index contributed by atoms with van der Waals surface area (Å²) in [6.07, 6.45) is 13.3. The fraction of sp³-hybridized carbons (Fsp3) is 0.500. The highest BCUT2D eigenvalue weighted by atomic mass is 16.5. The van der Waals surface area contributed by atoms with Crippen LogP contribution in [0.2, 0.25) is 0 Å². The monoisotopic (exact) mass is 397 g/mol. The molecular formula is C24H31NO4. The van der Waals surface area contributed by atoms with Gasteiger partial charge in [0.25, 0.3) is 11.2 Å². The van der Waals surface area contributed by atoms with Crippen LogP contribution in [0.5, 0.6) is 5.75 Å². The summed E-state index contributed by atoms with van der Waals surface area (Å²) in [7, 11) is 0. The van der Waals surface area contributed by atoms with E-state index >= 15 is 0 Å². The standard InChI is InChI=1S/C24H31NO4/c1-2-3-4-5-6-7-8-9-10-11-12-18-15-21-24(17-22(18)27)29-23-16-19(26)13-14-20(23)25(21)28/h13-17,27H,2-12H2,1H3. The third-order valence-electron chi connectivity index (χ3n) is 5.55. The van der Waals surface area contributed by atoms with Crippen molar-refractivity contribution in [2.75, 3.05) is 0 Å². The molecule has 3 rings (SSSR count). The number of phenols is 1. The lowest BCUT2D eigenvalue weighted by Gasteiger charge is -2.11. The van der Waals surface area contributed by atoms with Gasteiger partial charge in [-0.05, 0) is 18.9 Å². The lowest BCUT2D eigenvalue weighted by atomic mass is 10.0. The van der Waals surface area contributed by atoms with Crippen molar-refractivity contribution in [1.29, 1.82) is 0 Å². The number of hydrogen-bond acceptors (Lipinski definition) is 4. The maximum atomic E-state index is 12.7. The van der Waals surface area contributed by atoms with Gasteiger partial charge in [-0.1, -0.05) is 64.7 Å². The Kier molecular flexibility index (Phi) is 7.50. The number of rotatable bonds is 11. The molecule has 0 amide bonds. The van der Waals surface area contributed by atoms with Crippen LogP contribution in [0.1, 0.15) is 76.7 Å². The summed E-state index contributed by atoms with van der Waals surface area (Å²) in [6, 6.07) is 7.30. The number of nitrogens with zero attached hydrogens (tertiary/aromatic N) is 1. The number of hydrogen-bond donors (Lipinski definition) is 1. The van der Waals surface area contributed by atoms with Gasteiger partial charge in [-0.15, -0.1) is 0 Å². The smallest absolute Gasteiger partial charge is 0.260 e. The molecule has 156 valence electrons. The molecule has 0 radical (unpaired) electrons. The van der Waals surface area contributed by atoms with E-state index in [4.69, 9.17) is 4.42 Å². The average molecular weight is 398 g/mol. The molecule has 0 aromatic heterocycles. The third-order valence-corrected chi connectivity index (χ3v) is 5.55. The fourth-order valence-corrected chi connectivity index (χ4v) is 3.84. The first-order valence-electron chi connectivity index (χ1n) is 10.9. The quantitative estimate of drug-likeness (QED) is 0.195. The molecule has 1 aromatic rings. The predicted molar refractivity (Wildman–Crippen MR) is 115 cm³/mol. The van der Waals surface area contributed by atoms with Crippen LogP contribution in [0.4, 0.5) is 0 Å². The fourth-order valence-electron chi connectivity index (χ4n) is 3.84. The van der Waals surface area contributed by atoms with Crippen molar-refractivity contribution in [3.05, 3.63) is 51.3 Å². The maximum absolute atomic E-state index is 12.7. The SMILES string of the molecule is CCCCCCCCCCCCc1cc2c(cc1O)oc1cc(=O)ccc-1[n+]2[O-]. The van der Waals surface area contributed by atoms with Gasteiger partial charge in [0, 0.05) is 29.8 Å². The van der Waals surface area contributed by atoms with Crippen molar-refractivity contribution in [2.45, 2.75) is 77.6 Å². The minimum atomic E-state index is -0.220. The molecule has 0 atom stereocenters. The van der Waals surface area contributed by atoms with Crippen molar-refractivity contribution in [3.63, 3.8) is 0 Å². The van der Waals surface area contributed by atoms with Crippen LogP contribution in [0.3, 0.4) is 0 Å². The lowest BCUT2D eigenvalue weighted by Crippen LogP contribution is -2.31. The molecule has 0 unspecified atom stereocenters. The highest BCUT2D eigenvalue weighted by Gasteiger charge is 2.21. The van der Waals surface area contributed by atoms with Gasteiger partial charge in [-0.2, -0.15) is 4.73 Å². The summed E-state index contributed by atoms with van der Waals surface area (Å²) in [5, 5.41) is 23.0. The Labute approximate surface area is 171 Å².